The Kier molecular flexibility index (Phi) is 7.18. The van der Waals surface area contributed by atoms with Crippen molar-refractivity contribution in [3.8, 4) is 0 Å². The maximum Gasteiger partial charge on any atom is 0.200 e. The molecular weight excluding hydrogens is 581 g/mol. The van der Waals surface area contributed by atoms with Crippen LogP contribution in [0.25, 0.3) is 0 Å². The standard InChI is InChI=1S/C19ClF15S/c20-36-19(1-4(21)10(27)16(33)11(28)5(1)22,2-6(23)12(29)17(34)13(30)7(2)24)3-8(25)14(31)18(35)15(32)9(3)26. The molecule has 0 aliphatic rings. The molecule has 0 atom stereocenters. The largest absolute Gasteiger partial charge is 0.203 e. The fourth-order valence-electron chi connectivity index (χ4n) is 3.23. The molecule has 0 saturated heterocycles. The predicted molar refractivity (Wildman–Crippen MR) is 92.0 cm³/mol. The first kappa shape index (κ1) is 27.8. The van der Waals surface area contributed by atoms with Crippen molar-refractivity contribution in [2.75, 3.05) is 0 Å². The van der Waals surface area contributed by atoms with Gasteiger partial charge in [0.2, 0.25) is 17.5 Å². The Morgan fingerprint density at radius 1 is 0.306 bits per heavy atom. The van der Waals surface area contributed by atoms with Gasteiger partial charge in [-0.15, -0.1) is 0 Å². The van der Waals surface area contributed by atoms with Gasteiger partial charge in [-0.3, -0.25) is 0 Å². The zero-order chi connectivity index (χ0) is 27.6. The Labute approximate surface area is 196 Å². The highest BCUT2D eigenvalue weighted by Crippen LogP contribution is 2.56. The highest BCUT2D eigenvalue weighted by atomic mass is 35.7. The summed E-state index contributed by atoms with van der Waals surface area (Å²) in [5.41, 5.74) is -8.49. The van der Waals surface area contributed by atoms with Crippen molar-refractivity contribution in [1.82, 2.24) is 0 Å². The number of rotatable bonds is 4. The first-order valence-corrected chi connectivity index (χ1v) is 10.1. The minimum atomic E-state index is -4.72. The van der Waals surface area contributed by atoms with Gasteiger partial charge >= 0.3 is 0 Å². The van der Waals surface area contributed by atoms with Crippen LogP contribution in [0.4, 0.5) is 65.9 Å². The summed E-state index contributed by atoms with van der Waals surface area (Å²) in [6.07, 6.45) is 0. The van der Waals surface area contributed by atoms with Crippen molar-refractivity contribution in [2.45, 2.75) is 4.75 Å². The predicted octanol–water partition coefficient (Wildman–Crippen LogP) is 7.95. The van der Waals surface area contributed by atoms with Crippen LogP contribution in [0.5, 0.6) is 0 Å². The zero-order valence-electron chi connectivity index (χ0n) is 16.0. The van der Waals surface area contributed by atoms with Crippen LogP contribution in [0.2, 0.25) is 0 Å². The molecule has 0 saturated carbocycles. The Balaban J connectivity index is 2.84. The maximum atomic E-state index is 14.7. The van der Waals surface area contributed by atoms with E-state index >= 15 is 0 Å². The van der Waals surface area contributed by atoms with Crippen LogP contribution in [-0.2, 0) is 4.75 Å². The van der Waals surface area contributed by atoms with E-state index in [0.29, 0.717) is 0 Å². The molecule has 0 unspecified atom stereocenters. The molecule has 0 nitrogen and oxygen atoms in total. The normalized spacial score (nSPS) is 12.0. The van der Waals surface area contributed by atoms with E-state index in [-0.39, 0.29) is 0 Å². The second-order valence-corrected chi connectivity index (χ2v) is 7.82. The topological polar surface area (TPSA) is 0 Å². The van der Waals surface area contributed by atoms with Crippen molar-refractivity contribution in [3.05, 3.63) is 104 Å². The molecule has 0 heterocycles. The molecule has 17 heteroatoms. The quantitative estimate of drug-likeness (QED) is 0.131. The van der Waals surface area contributed by atoms with Crippen LogP contribution in [0.1, 0.15) is 16.7 Å². The van der Waals surface area contributed by atoms with E-state index in [2.05, 4.69) is 0 Å². The molecular formula is C19ClF15S. The lowest BCUT2D eigenvalue weighted by Crippen LogP contribution is -2.35. The Bertz CT molecular complexity index is 1180. The van der Waals surface area contributed by atoms with E-state index in [1.807, 2.05) is 0 Å². The van der Waals surface area contributed by atoms with Gasteiger partial charge < -0.3 is 0 Å². The van der Waals surface area contributed by atoms with Crippen molar-refractivity contribution < 1.29 is 65.9 Å². The van der Waals surface area contributed by atoms with Crippen LogP contribution >= 0.6 is 21.7 Å². The monoisotopic (exact) mass is 580 g/mol. The fourth-order valence-corrected chi connectivity index (χ4v) is 4.70. The Morgan fingerprint density at radius 3 is 0.583 bits per heavy atom. The molecule has 0 aliphatic carbocycles. The molecule has 0 bridgehead atoms. The maximum absolute atomic E-state index is 14.7. The number of benzene rings is 3. The molecule has 0 fully saturated rings. The summed E-state index contributed by atoms with van der Waals surface area (Å²) in [6, 6.07) is 0. The molecule has 0 radical (unpaired) electrons. The average Bonchev–Trinajstić information content (AvgIpc) is 2.85. The fraction of sp³-hybridized carbons (Fsp3) is 0.0526. The first-order chi connectivity index (χ1) is 16.6. The highest BCUT2D eigenvalue weighted by molar-refractivity contribution is 8.22. The van der Waals surface area contributed by atoms with Gasteiger partial charge in [0.05, 0.1) is 16.7 Å². The number of hydrogen-bond acceptors (Lipinski definition) is 1. The van der Waals surface area contributed by atoms with Crippen molar-refractivity contribution >= 4 is 21.7 Å². The van der Waals surface area contributed by atoms with E-state index in [9.17, 15) is 65.9 Å². The average molecular weight is 581 g/mol. The third-order valence-corrected chi connectivity index (χ3v) is 6.34. The van der Waals surface area contributed by atoms with Gasteiger partial charge in [-0.2, -0.15) is 0 Å². The molecule has 36 heavy (non-hydrogen) atoms. The molecule has 3 aromatic rings. The van der Waals surface area contributed by atoms with Gasteiger partial charge in [-0.1, -0.05) is 0 Å². The van der Waals surface area contributed by atoms with E-state index in [0.717, 1.165) is 0 Å². The SMILES string of the molecule is Fc1c(F)c(F)c(C(SCl)(c2c(F)c(F)c(F)c(F)c2F)c2c(F)c(F)c(F)c(F)c2F)c(F)c1F. The van der Waals surface area contributed by atoms with Crippen LogP contribution < -0.4 is 0 Å². The third-order valence-electron chi connectivity index (χ3n) is 4.80. The summed E-state index contributed by atoms with van der Waals surface area (Å²) in [5.74, 6) is -46.4. The minimum absolute atomic E-state index is 1.30. The lowest BCUT2D eigenvalue weighted by atomic mass is 9.81. The summed E-state index contributed by atoms with van der Waals surface area (Å²) in [4.78, 5) is 0. The van der Waals surface area contributed by atoms with Crippen molar-refractivity contribution in [2.24, 2.45) is 0 Å². The summed E-state index contributed by atoms with van der Waals surface area (Å²) in [5, 5.41) is 0. The van der Waals surface area contributed by atoms with Gasteiger partial charge in [-0.05, 0) is 21.7 Å². The van der Waals surface area contributed by atoms with E-state index in [1.54, 1.807) is 0 Å². The smallest absolute Gasteiger partial charge is 0.200 e. The number of halogens is 16. The Morgan fingerprint density at radius 2 is 0.444 bits per heavy atom. The first-order valence-electron chi connectivity index (χ1n) is 8.44. The highest BCUT2D eigenvalue weighted by Gasteiger charge is 2.54. The van der Waals surface area contributed by atoms with Crippen LogP contribution in [-0.4, -0.2) is 0 Å². The second kappa shape index (κ2) is 9.28. The third kappa shape index (κ3) is 3.51. The van der Waals surface area contributed by atoms with E-state index < -0.39 is 120 Å². The molecule has 0 aromatic heterocycles. The molecule has 194 valence electrons. The number of hydrogen-bond donors (Lipinski definition) is 0. The van der Waals surface area contributed by atoms with Gasteiger partial charge in [0.15, 0.2) is 69.8 Å². The lowest BCUT2D eigenvalue weighted by Gasteiger charge is -2.34. The molecule has 0 N–H and O–H groups in total. The van der Waals surface area contributed by atoms with Crippen molar-refractivity contribution in [1.29, 1.82) is 0 Å². The zero-order valence-corrected chi connectivity index (χ0v) is 17.5. The van der Waals surface area contributed by atoms with Gasteiger partial charge in [0.1, 0.15) is 4.75 Å². The van der Waals surface area contributed by atoms with Crippen LogP contribution in [0.3, 0.4) is 0 Å². The van der Waals surface area contributed by atoms with E-state index in [1.165, 1.54) is 0 Å². The van der Waals surface area contributed by atoms with Gasteiger partial charge in [0, 0.05) is 0 Å². The van der Waals surface area contributed by atoms with Gasteiger partial charge in [0.25, 0.3) is 0 Å². The van der Waals surface area contributed by atoms with Gasteiger partial charge in [-0.25, -0.2) is 65.9 Å². The summed E-state index contributed by atoms with van der Waals surface area (Å²) in [6.45, 7) is 0. The Hall–Kier alpha value is -2.75. The molecule has 0 aliphatic heterocycles. The van der Waals surface area contributed by atoms with Crippen LogP contribution in [0, 0.1) is 87.3 Å². The second-order valence-electron chi connectivity index (χ2n) is 6.59. The molecule has 0 amide bonds. The van der Waals surface area contributed by atoms with Crippen LogP contribution in [0.15, 0.2) is 0 Å². The molecule has 3 aromatic carbocycles. The summed E-state index contributed by atoms with van der Waals surface area (Å²) in [7, 11) is 3.99. The summed E-state index contributed by atoms with van der Waals surface area (Å²) < 4.78 is 208. The molecule has 0 spiro atoms. The lowest BCUT2D eigenvalue weighted by molar-refractivity contribution is 0.341. The minimum Gasteiger partial charge on any atom is -0.203 e. The summed E-state index contributed by atoms with van der Waals surface area (Å²) >= 11 is 0. The molecule has 3 rings (SSSR count). The van der Waals surface area contributed by atoms with E-state index in [4.69, 9.17) is 10.7 Å². The van der Waals surface area contributed by atoms with Crippen molar-refractivity contribution in [3.63, 3.8) is 0 Å².